The molecule has 3 aromatic rings. The van der Waals surface area contributed by atoms with Gasteiger partial charge in [0, 0.05) is 35.9 Å². The molecule has 3 nitrogen and oxygen atoms in total. The molecule has 2 heterocycles. The van der Waals surface area contributed by atoms with Crippen LogP contribution in [0, 0.1) is 0 Å². The second kappa shape index (κ2) is 4.75. The van der Waals surface area contributed by atoms with E-state index in [1.807, 2.05) is 36.8 Å². The summed E-state index contributed by atoms with van der Waals surface area (Å²) in [5.74, 6) is 0. The number of pyridine rings is 1. The number of rotatable bonds is 2. The highest BCUT2D eigenvalue weighted by Gasteiger charge is 2.01. The van der Waals surface area contributed by atoms with Gasteiger partial charge >= 0.3 is 0 Å². The maximum atomic E-state index is 4.14. The van der Waals surface area contributed by atoms with Crippen LogP contribution in [0.2, 0.25) is 0 Å². The Bertz CT molecular complexity index is 581. The highest BCUT2D eigenvalue weighted by Crippen LogP contribution is 2.24. The predicted molar refractivity (Wildman–Crippen MR) is 70.7 cm³/mol. The van der Waals surface area contributed by atoms with Crippen LogP contribution in [-0.4, -0.2) is 15.0 Å². The zero-order valence-corrected chi connectivity index (χ0v) is 9.69. The van der Waals surface area contributed by atoms with E-state index in [0.29, 0.717) is 0 Å². The lowest BCUT2D eigenvalue weighted by atomic mass is 10.0. The van der Waals surface area contributed by atoms with Crippen molar-refractivity contribution in [2.45, 2.75) is 0 Å². The van der Waals surface area contributed by atoms with Crippen molar-refractivity contribution in [3.05, 3.63) is 67.5 Å². The van der Waals surface area contributed by atoms with Crippen LogP contribution in [0.25, 0.3) is 22.3 Å². The zero-order chi connectivity index (χ0) is 12.2. The third-order valence-electron chi connectivity index (χ3n) is 2.75. The summed E-state index contributed by atoms with van der Waals surface area (Å²) >= 11 is 0. The quantitative estimate of drug-likeness (QED) is 0.682. The smallest absolute Gasteiger partial charge is 0.115 e. The topological polar surface area (TPSA) is 38.7 Å². The van der Waals surface area contributed by atoms with Gasteiger partial charge in [0.2, 0.25) is 0 Å². The van der Waals surface area contributed by atoms with Gasteiger partial charge in [0.15, 0.2) is 0 Å². The number of aromatic nitrogens is 3. The molecule has 0 aliphatic heterocycles. The van der Waals surface area contributed by atoms with Crippen LogP contribution in [-0.2, 0) is 0 Å². The Balaban J connectivity index is 2.05. The van der Waals surface area contributed by atoms with Gasteiger partial charge in [-0.05, 0) is 23.3 Å². The highest BCUT2D eigenvalue weighted by atomic mass is 14.8. The van der Waals surface area contributed by atoms with Gasteiger partial charge in [0.1, 0.15) is 6.33 Å². The maximum Gasteiger partial charge on any atom is 0.115 e. The fourth-order valence-electron chi connectivity index (χ4n) is 1.86. The molecule has 86 valence electrons. The van der Waals surface area contributed by atoms with Gasteiger partial charge in [-0.3, -0.25) is 4.98 Å². The van der Waals surface area contributed by atoms with E-state index in [4.69, 9.17) is 0 Å². The van der Waals surface area contributed by atoms with Crippen LogP contribution in [0.1, 0.15) is 0 Å². The molecule has 2 aromatic heterocycles. The van der Waals surface area contributed by atoms with Gasteiger partial charge in [-0.1, -0.05) is 24.3 Å². The first-order valence-corrected chi connectivity index (χ1v) is 5.69. The lowest BCUT2D eigenvalue weighted by Gasteiger charge is -2.04. The SMILES string of the molecule is c1cncc(-c2cccc(-c3cncnc3)c2)c1. The minimum atomic E-state index is 1.02. The Kier molecular flexibility index (Phi) is 2.80. The van der Waals surface area contributed by atoms with Gasteiger partial charge in [0.25, 0.3) is 0 Å². The van der Waals surface area contributed by atoms with Gasteiger partial charge in [0.05, 0.1) is 0 Å². The van der Waals surface area contributed by atoms with Crippen molar-refractivity contribution in [3.8, 4) is 22.3 Å². The first kappa shape index (κ1) is 10.6. The van der Waals surface area contributed by atoms with E-state index in [-0.39, 0.29) is 0 Å². The predicted octanol–water partition coefficient (Wildman–Crippen LogP) is 3.21. The summed E-state index contributed by atoms with van der Waals surface area (Å²) in [5.41, 5.74) is 4.38. The summed E-state index contributed by atoms with van der Waals surface area (Å²) in [7, 11) is 0. The highest BCUT2D eigenvalue weighted by molar-refractivity contribution is 5.71. The molecule has 0 aliphatic carbocycles. The number of nitrogens with zero attached hydrogens (tertiary/aromatic N) is 3. The van der Waals surface area contributed by atoms with Crippen LogP contribution in [0.3, 0.4) is 0 Å². The Morgan fingerprint density at radius 3 is 2.00 bits per heavy atom. The van der Waals surface area contributed by atoms with Gasteiger partial charge in [-0.2, -0.15) is 0 Å². The molecule has 0 amide bonds. The van der Waals surface area contributed by atoms with Crippen molar-refractivity contribution in [1.29, 1.82) is 0 Å². The summed E-state index contributed by atoms with van der Waals surface area (Å²) in [6, 6.07) is 12.3. The summed E-state index contributed by atoms with van der Waals surface area (Å²) in [4.78, 5) is 12.2. The van der Waals surface area contributed by atoms with Crippen molar-refractivity contribution in [3.63, 3.8) is 0 Å². The van der Waals surface area contributed by atoms with E-state index in [0.717, 1.165) is 22.3 Å². The van der Waals surface area contributed by atoms with Gasteiger partial charge in [-0.15, -0.1) is 0 Å². The maximum absolute atomic E-state index is 4.14. The average molecular weight is 233 g/mol. The average Bonchev–Trinajstić information content (AvgIpc) is 2.49. The molecule has 0 unspecified atom stereocenters. The van der Waals surface area contributed by atoms with Crippen LogP contribution in [0.15, 0.2) is 67.5 Å². The summed E-state index contributed by atoms with van der Waals surface area (Å²) in [5, 5.41) is 0. The Labute approximate surface area is 105 Å². The van der Waals surface area contributed by atoms with Crippen molar-refractivity contribution in [2.75, 3.05) is 0 Å². The van der Waals surface area contributed by atoms with Crippen LogP contribution in [0.5, 0.6) is 0 Å². The molecule has 1 aromatic carbocycles. The first-order valence-electron chi connectivity index (χ1n) is 5.69. The van der Waals surface area contributed by atoms with E-state index in [1.54, 1.807) is 6.20 Å². The molecule has 0 bridgehead atoms. The molecule has 0 N–H and O–H groups in total. The zero-order valence-electron chi connectivity index (χ0n) is 9.69. The van der Waals surface area contributed by atoms with Crippen LogP contribution < -0.4 is 0 Å². The van der Waals surface area contributed by atoms with E-state index in [9.17, 15) is 0 Å². The lowest BCUT2D eigenvalue weighted by Crippen LogP contribution is -1.84. The fraction of sp³-hybridized carbons (Fsp3) is 0. The monoisotopic (exact) mass is 233 g/mol. The molecule has 0 fully saturated rings. The number of benzene rings is 1. The molecular weight excluding hydrogens is 222 g/mol. The fourth-order valence-corrected chi connectivity index (χ4v) is 1.86. The van der Waals surface area contributed by atoms with Crippen molar-refractivity contribution < 1.29 is 0 Å². The van der Waals surface area contributed by atoms with Crippen molar-refractivity contribution >= 4 is 0 Å². The van der Waals surface area contributed by atoms with Crippen LogP contribution >= 0.6 is 0 Å². The summed E-state index contributed by atoms with van der Waals surface area (Å²) in [6.45, 7) is 0. The Morgan fingerprint density at radius 1 is 0.611 bits per heavy atom. The molecule has 0 saturated heterocycles. The Morgan fingerprint density at radius 2 is 1.28 bits per heavy atom. The molecule has 0 atom stereocenters. The van der Waals surface area contributed by atoms with E-state index in [1.165, 1.54) is 6.33 Å². The van der Waals surface area contributed by atoms with Gasteiger partial charge < -0.3 is 0 Å². The first-order chi connectivity index (χ1) is 8.93. The third kappa shape index (κ3) is 2.11. The molecule has 18 heavy (non-hydrogen) atoms. The Hall–Kier alpha value is -2.55. The van der Waals surface area contributed by atoms with E-state index < -0.39 is 0 Å². The minimum absolute atomic E-state index is 1.02. The van der Waals surface area contributed by atoms with Crippen molar-refractivity contribution in [1.82, 2.24) is 15.0 Å². The molecular formula is C15H11N3. The summed E-state index contributed by atoms with van der Waals surface area (Å²) in [6.07, 6.45) is 8.80. The molecule has 0 aliphatic rings. The largest absolute Gasteiger partial charge is 0.264 e. The molecule has 0 spiro atoms. The van der Waals surface area contributed by atoms with Crippen molar-refractivity contribution in [2.24, 2.45) is 0 Å². The second-order valence-corrected chi connectivity index (χ2v) is 3.95. The normalized spacial score (nSPS) is 10.2. The molecule has 3 rings (SSSR count). The third-order valence-corrected chi connectivity index (χ3v) is 2.75. The second-order valence-electron chi connectivity index (χ2n) is 3.95. The van der Waals surface area contributed by atoms with E-state index >= 15 is 0 Å². The lowest BCUT2D eigenvalue weighted by molar-refractivity contribution is 1.17. The molecule has 3 heteroatoms. The standard InChI is InChI=1S/C15H11N3/c1-3-12(14-5-2-6-16-8-14)7-13(4-1)15-9-17-11-18-10-15/h1-11H. The van der Waals surface area contributed by atoms with Gasteiger partial charge in [-0.25, -0.2) is 9.97 Å². The summed E-state index contributed by atoms with van der Waals surface area (Å²) < 4.78 is 0. The number of hydrogen-bond acceptors (Lipinski definition) is 3. The molecule has 0 radical (unpaired) electrons. The molecule has 0 saturated carbocycles. The number of hydrogen-bond donors (Lipinski definition) is 0. The van der Waals surface area contributed by atoms with E-state index in [2.05, 4.69) is 33.2 Å². The van der Waals surface area contributed by atoms with Crippen LogP contribution in [0.4, 0.5) is 0 Å². The minimum Gasteiger partial charge on any atom is -0.264 e.